The molecule has 1 N–H and O–H groups in total. The molecule has 17 heavy (non-hydrogen) atoms. The Kier molecular flexibility index (Phi) is 5.78. The van der Waals surface area contributed by atoms with Gasteiger partial charge in [-0.2, -0.15) is 11.8 Å². The number of rotatable bonds is 6. The Labute approximate surface area is 109 Å². The van der Waals surface area contributed by atoms with Crippen LogP contribution in [0.15, 0.2) is 6.07 Å². The zero-order chi connectivity index (χ0) is 12.8. The zero-order valence-corrected chi connectivity index (χ0v) is 12.3. The van der Waals surface area contributed by atoms with E-state index in [1.807, 2.05) is 18.8 Å². The van der Waals surface area contributed by atoms with Crippen molar-refractivity contribution in [3.8, 4) is 0 Å². The summed E-state index contributed by atoms with van der Waals surface area (Å²) in [5.74, 6) is 2.25. The van der Waals surface area contributed by atoms with E-state index >= 15 is 0 Å². The van der Waals surface area contributed by atoms with Crippen LogP contribution in [0.4, 0.5) is 5.82 Å². The fourth-order valence-corrected chi connectivity index (χ4v) is 2.35. The van der Waals surface area contributed by atoms with Gasteiger partial charge < -0.3 is 10.2 Å². The zero-order valence-electron chi connectivity index (χ0n) is 11.5. The number of nitrogens with zero attached hydrogens (tertiary/aromatic N) is 2. The van der Waals surface area contributed by atoms with Gasteiger partial charge in [-0.25, -0.2) is 4.98 Å². The molecule has 0 spiro atoms. The average Bonchev–Trinajstić information content (AvgIpc) is 2.29. The first-order chi connectivity index (χ1) is 8.10. The molecule has 0 atom stereocenters. The monoisotopic (exact) mass is 253 g/mol. The average molecular weight is 253 g/mol. The van der Waals surface area contributed by atoms with Gasteiger partial charge in [-0.3, -0.25) is 0 Å². The molecule has 0 aliphatic heterocycles. The topological polar surface area (TPSA) is 28.2 Å². The SMILES string of the molecule is CNCc1c(C)cc(C)nc1N(C)CCSC. The van der Waals surface area contributed by atoms with E-state index in [4.69, 9.17) is 0 Å². The molecule has 0 aliphatic rings. The van der Waals surface area contributed by atoms with Gasteiger partial charge in [0, 0.05) is 37.1 Å². The number of aromatic nitrogens is 1. The summed E-state index contributed by atoms with van der Waals surface area (Å²) in [6.07, 6.45) is 2.14. The second kappa shape index (κ2) is 6.87. The maximum atomic E-state index is 4.68. The molecule has 3 nitrogen and oxygen atoms in total. The largest absolute Gasteiger partial charge is 0.359 e. The fourth-order valence-electron chi connectivity index (χ4n) is 1.89. The van der Waals surface area contributed by atoms with Crippen LogP contribution in [-0.4, -0.2) is 37.6 Å². The van der Waals surface area contributed by atoms with Crippen LogP contribution < -0.4 is 10.2 Å². The van der Waals surface area contributed by atoms with Crippen LogP contribution in [0.3, 0.4) is 0 Å². The van der Waals surface area contributed by atoms with Crippen LogP contribution in [0, 0.1) is 13.8 Å². The molecule has 1 rings (SSSR count). The number of hydrogen-bond acceptors (Lipinski definition) is 4. The van der Waals surface area contributed by atoms with Crippen molar-refractivity contribution < 1.29 is 0 Å². The van der Waals surface area contributed by atoms with Crippen LogP contribution >= 0.6 is 11.8 Å². The van der Waals surface area contributed by atoms with Crippen LogP contribution in [-0.2, 0) is 6.54 Å². The molecule has 96 valence electrons. The van der Waals surface area contributed by atoms with Crippen molar-refractivity contribution in [1.29, 1.82) is 0 Å². The second-order valence-corrected chi connectivity index (χ2v) is 5.31. The molecule has 0 aromatic carbocycles. The van der Waals surface area contributed by atoms with E-state index in [0.717, 1.165) is 30.4 Å². The predicted octanol–water partition coefficient (Wildman–Crippen LogP) is 2.22. The minimum atomic E-state index is 0.873. The van der Waals surface area contributed by atoms with Crippen molar-refractivity contribution in [2.75, 3.05) is 37.5 Å². The molecule has 1 aromatic heterocycles. The van der Waals surface area contributed by atoms with Gasteiger partial charge in [-0.05, 0) is 38.8 Å². The maximum Gasteiger partial charge on any atom is 0.133 e. The van der Waals surface area contributed by atoms with E-state index in [1.165, 1.54) is 11.1 Å². The van der Waals surface area contributed by atoms with Crippen LogP contribution in [0.2, 0.25) is 0 Å². The van der Waals surface area contributed by atoms with Gasteiger partial charge in [0.1, 0.15) is 5.82 Å². The maximum absolute atomic E-state index is 4.68. The molecule has 0 saturated carbocycles. The van der Waals surface area contributed by atoms with Crippen molar-refractivity contribution in [2.24, 2.45) is 0 Å². The molecule has 1 aromatic rings. The van der Waals surface area contributed by atoms with E-state index in [9.17, 15) is 0 Å². The van der Waals surface area contributed by atoms with E-state index in [1.54, 1.807) is 0 Å². The van der Waals surface area contributed by atoms with Crippen LogP contribution in [0.5, 0.6) is 0 Å². The summed E-state index contributed by atoms with van der Waals surface area (Å²) in [4.78, 5) is 6.94. The highest BCUT2D eigenvalue weighted by atomic mass is 32.2. The van der Waals surface area contributed by atoms with Crippen LogP contribution in [0.1, 0.15) is 16.8 Å². The molecule has 0 unspecified atom stereocenters. The highest BCUT2D eigenvalue weighted by Gasteiger charge is 2.11. The molecule has 4 heteroatoms. The predicted molar refractivity (Wildman–Crippen MR) is 78.1 cm³/mol. The minimum absolute atomic E-state index is 0.873. The third kappa shape index (κ3) is 3.89. The first-order valence-corrected chi connectivity index (χ1v) is 7.31. The molecular formula is C13H23N3S. The molecule has 0 aliphatic carbocycles. The minimum Gasteiger partial charge on any atom is -0.359 e. The third-order valence-electron chi connectivity index (χ3n) is 2.80. The second-order valence-electron chi connectivity index (χ2n) is 4.33. The molecule has 0 radical (unpaired) electrons. The van der Waals surface area contributed by atoms with Gasteiger partial charge in [0.05, 0.1) is 0 Å². The summed E-state index contributed by atoms with van der Waals surface area (Å²) >= 11 is 1.87. The van der Waals surface area contributed by atoms with E-state index in [2.05, 4.69) is 48.4 Å². The van der Waals surface area contributed by atoms with Gasteiger partial charge in [-0.1, -0.05) is 0 Å². The summed E-state index contributed by atoms with van der Waals surface area (Å²) in [7, 11) is 4.10. The van der Waals surface area contributed by atoms with Crippen molar-refractivity contribution in [2.45, 2.75) is 20.4 Å². The van der Waals surface area contributed by atoms with E-state index < -0.39 is 0 Å². The molecule has 0 amide bonds. The lowest BCUT2D eigenvalue weighted by Gasteiger charge is -2.22. The normalized spacial score (nSPS) is 10.6. The summed E-state index contributed by atoms with van der Waals surface area (Å²) in [6, 6.07) is 2.15. The number of aryl methyl sites for hydroxylation is 2. The Morgan fingerprint density at radius 3 is 2.71 bits per heavy atom. The summed E-state index contributed by atoms with van der Waals surface area (Å²) in [5, 5.41) is 3.22. The van der Waals surface area contributed by atoms with Crippen molar-refractivity contribution in [1.82, 2.24) is 10.3 Å². The van der Waals surface area contributed by atoms with E-state index in [-0.39, 0.29) is 0 Å². The molecule has 0 fully saturated rings. The lowest BCUT2D eigenvalue weighted by atomic mass is 10.1. The number of hydrogen-bond donors (Lipinski definition) is 1. The highest BCUT2D eigenvalue weighted by Crippen LogP contribution is 2.21. The Bertz CT molecular complexity index is 366. The van der Waals surface area contributed by atoms with Crippen molar-refractivity contribution in [3.05, 3.63) is 22.9 Å². The third-order valence-corrected chi connectivity index (χ3v) is 3.39. The van der Waals surface area contributed by atoms with Gasteiger partial charge in [0.2, 0.25) is 0 Å². The summed E-state index contributed by atoms with van der Waals surface area (Å²) in [5.41, 5.74) is 3.72. The number of nitrogens with one attached hydrogen (secondary N) is 1. The lowest BCUT2D eigenvalue weighted by Crippen LogP contribution is -2.24. The molecular weight excluding hydrogens is 230 g/mol. The van der Waals surface area contributed by atoms with Crippen molar-refractivity contribution in [3.63, 3.8) is 0 Å². The number of thioether (sulfide) groups is 1. The van der Waals surface area contributed by atoms with Crippen LogP contribution in [0.25, 0.3) is 0 Å². The molecule has 0 bridgehead atoms. The quantitative estimate of drug-likeness (QED) is 0.841. The van der Waals surface area contributed by atoms with E-state index in [0.29, 0.717) is 0 Å². The summed E-state index contributed by atoms with van der Waals surface area (Å²) < 4.78 is 0. The molecule has 0 saturated heterocycles. The number of pyridine rings is 1. The Hall–Kier alpha value is -0.740. The lowest BCUT2D eigenvalue weighted by molar-refractivity contribution is 0.793. The van der Waals surface area contributed by atoms with Gasteiger partial charge in [0.25, 0.3) is 0 Å². The molecule has 1 heterocycles. The first kappa shape index (κ1) is 14.3. The Morgan fingerprint density at radius 2 is 2.12 bits per heavy atom. The first-order valence-electron chi connectivity index (χ1n) is 5.92. The number of anilines is 1. The van der Waals surface area contributed by atoms with Crippen molar-refractivity contribution >= 4 is 17.6 Å². The van der Waals surface area contributed by atoms with Gasteiger partial charge in [-0.15, -0.1) is 0 Å². The Morgan fingerprint density at radius 1 is 1.41 bits per heavy atom. The standard InChI is InChI=1S/C13H23N3S/c1-10-8-11(2)15-13(12(10)9-14-3)16(4)6-7-17-5/h8,14H,6-7,9H2,1-5H3. The Balaban J connectivity index is 3.01. The summed E-state index contributed by atoms with van der Waals surface area (Å²) in [6.45, 7) is 6.13. The fraction of sp³-hybridized carbons (Fsp3) is 0.615. The smallest absolute Gasteiger partial charge is 0.133 e. The van der Waals surface area contributed by atoms with Gasteiger partial charge >= 0.3 is 0 Å². The highest BCUT2D eigenvalue weighted by molar-refractivity contribution is 7.98. The van der Waals surface area contributed by atoms with Gasteiger partial charge in [0.15, 0.2) is 0 Å².